The molecule has 26 heavy (non-hydrogen) atoms. The molecule has 0 N–H and O–H groups in total. The van der Waals surface area contributed by atoms with Crippen molar-refractivity contribution < 1.29 is 9.47 Å². The van der Waals surface area contributed by atoms with Crippen LogP contribution in [0.4, 0.5) is 0 Å². The lowest BCUT2D eigenvalue weighted by molar-refractivity contribution is 0.342. The van der Waals surface area contributed by atoms with Crippen LogP contribution in [0.5, 0.6) is 11.5 Å². The number of benzene rings is 2. The number of ether oxygens (including phenoxy) is 2. The summed E-state index contributed by atoms with van der Waals surface area (Å²) in [5.74, 6) is 2.88. The molecule has 0 saturated heterocycles. The van der Waals surface area contributed by atoms with Crippen LogP contribution in [-0.4, -0.2) is 39.7 Å². The average Bonchev–Trinajstić information content (AvgIpc) is 3.14. The summed E-state index contributed by atoms with van der Waals surface area (Å²) < 4.78 is 12.6. The van der Waals surface area contributed by atoms with Crippen LogP contribution >= 0.6 is 11.8 Å². The van der Waals surface area contributed by atoms with Crippen LogP contribution < -0.4 is 9.47 Å². The zero-order valence-electron chi connectivity index (χ0n) is 15.1. The molecule has 6 nitrogen and oxygen atoms in total. The van der Waals surface area contributed by atoms with Crippen molar-refractivity contribution in [3.05, 3.63) is 54.1 Å². The van der Waals surface area contributed by atoms with Crippen LogP contribution in [0, 0.1) is 0 Å². The van der Waals surface area contributed by atoms with E-state index in [0.29, 0.717) is 12.5 Å². The lowest BCUT2D eigenvalue weighted by Crippen LogP contribution is -2.03. The number of aromatic nitrogens is 4. The molecule has 1 heterocycles. The summed E-state index contributed by atoms with van der Waals surface area (Å²) in [6.07, 6.45) is 0. The van der Waals surface area contributed by atoms with Gasteiger partial charge in [0.05, 0.1) is 19.4 Å². The third kappa shape index (κ3) is 4.54. The molecule has 136 valence electrons. The molecule has 0 aliphatic rings. The van der Waals surface area contributed by atoms with Crippen molar-refractivity contribution in [1.82, 2.24) is 20.2 Å². The van der Waals surface area contributed by atoms with Crippen molar-refractivity contribution in [3.63, 3.8) is 0 Å². The van der Waals surface area contributed by atoms with Gasteiger partial charge in [-0.2, -0.15) is 4.68 Å². The quantitative estimate of drug-likeness (QED) is 0.442. The zero-order valence-corrected chi connectivity index (χ0v) is 15.9. The lowest BCUT2D eigenvalue weighted by Gasteiger charge is -2.08. The van der Waals surface area contributed by atoms with Gasteiger partial charge in [-0.1, -0.05) is 37.7 Å². The molecule has 0 fully saturated rings. The fourth-order valence-electron chi connectivity index (χ4n) is 2.40. The zero-order chi connectivity index (χ0) is 18.4. The van der Waals surface area contributed by atoms with Crippen LogP contribution in [0.2, 0.25) is 0 Å². The van der Waals surface area contributed by atoms with E-state index in [4.69, 9.17) is 9.47 Å². The van der Waals surface area contributed by atoms with Crippen LogP contribution in [0.15, 0.2) is 53.7 Å². The summed E-state index contributed by atoms with van der Waals surface area (Å²) in [4.78, 5) is 0. The van der Waals surface area contributed by atoms with Gasteiger partial charge in [0.15, 0.2) is 0 Å². The minimum Gasteiger partial charge on any atom is -0.497 e. The van der Waals surface area contributed by atoms with Gasteiger partial charge in [-0.05, 0) is 58.3 Å². The Hall–Kier alpha value is -2.54. The molecule has 1 aromatic heterocycles. The second kappa shape index (κ2) is 8.71. The average molecular weight is 370 g/mol. The molecule has 0 aliphatic carbocycles. The van der Waals surface area contributed by atoms with Gasteiger partial charge in [0.2, 0.25) is 5.16 Å². The number of thioether (sulfide) groups is 1. The Morgan fingerprint density at radius 3 is 2.35 bits per heavy atom. The topological polar surface area (TPSA) is 62.1 Å². The molecule has 0 spiro atoms. The molecule has 0 saturated carbocycles. The third-order valence-electron chi connectivity index (χ3n) is 3.89. The Kier molecular flexibility index (Phi) is 6.12. The summed E-state index contributed by atoms with van der Waals surface area (Å²) in [5.41, 5.74) is 2.25. The second-order valence-electron chi connectivity index (χ2n) is 5.99. The number of hydrogen-bond donors (Lipinski definition) is 0. The van der Waals surface area contributed by atoms with Crippen molar-refractivity contribution in [3.8, 4) is 17.2 Å². The maximum Gasteiger partial charge on any atom is 0.214 e. The minimum atomic E-state index is 0.502. The maximum absolute atomic E-state index is 5.74. The van der Waals surface area contributed by atoms with Crippen molar-refractivity contribution in [2.75, 3.05) is 19.5 Å². The van der Waals surface area contributed by atoms with Crippen molar-refractivity contribution in [2.45, 2.75) is 24.9 Å². The predicted octanol–water partition coefficient (Wildman–Crippen LogP) is 3.97. The summed E-state index contributed by atoms with van der Waals surface area (Å²) in [6, 6.07) is 15.9. The number of tetrazole rings is 1. The van der Waals surface area contributed by atoms with Crippen molar-refractivity contribution in [1.29, 1.82) is 0 Å². The van der Waals surface area contributed by atoms with E-state index in [1.807, 2.05) is 36.4 Å². The van der Waals surface area contributed by atoms with Crippen LogP contribution in [0.1, 0.15) is 25.3 Å². The van der Waals surface area contributed by atoms with Gasteiger partial charge in [-0.3, -0.25) is 0 Å². The molecule has 0 aliphatic heterocycles. The highest BCUT2D eigenvalue weighted by atomic mass is 32.2. The Morgan fingerprint density at radius 2 is 1.69 bits per heavy atom. The van der Waals surface area contributed by atoms with Gasteiger partial charge < -0.3 is 9.47 Å². The predicted molar refractivity (Wildman–Crippen MR) is 102 cm³/mol. The Morgan fingerprint density at radius 1 is 1.00 bits per heavy atom. The number of methoxy groups -OCH3 is 1. The lowest BCUT2D eigenvalue weighted by atomic mass is 10.0. The van der Waals surface area contributed by atoms with Crippen molar-refractivity contribution in [2.24, 2.45) is 0 Å². The molecule has 3 aromatic rings. The normalized spacial score (nSPS) is 10.9. The van der Waals surface area contributed by atoms with Gasteiger partial charge in [-0.25, -0.2) is 0 Å². The Balaban J connectivity index is 1.55. The summed E-state index contributed by atoms with van der Waals surface area (Å²) in [5, 5.41) is 12.8. The van der Waals surface area contributed by atoms with E-state index in [-0.39, 0.29) is 0 Å². The molecule has 0 amide bonds. The van der Waals surface area contributed by atoms with E-state index in [2.05, 4.69) is 41.5 Å². The van der Waals surface area contributed by atoms with Gasteiger partial charge in [0, 0.05) is 5.75 Å². The summed E-state index contributed by atoms with van der Waals surface area (Å²) >= 11 is 1.56. The standard InChI is InChI=1S/C19H22N4O2S/c1-14(2)15-4-6-16(7-5-15)23-19(20-21-22-23)26-13-12-25-18-10-8-17(24-3)9-11-18/h4-11,14H,12-13H2,1-3H3. The highest BCUT2D eigenvalue weighted by Crippen LogP contribution is 2.21. The Labute approximate surface area is 157 Å². The summed E-state index contributed by atoms with van der Waals surface area (Å²) in [7, 11) is 1.65. The van der Waals surface area contributed by atoms with Gasteiger partial charge in [0.1, 0.15) is 11.5 Å². The van der Waals surface area contributed by atoms with Gasteiger partial charge >= 0.3 is 0 Å². The van der Waals surface area contributed by atoms with Gasteiger partial charge in [-0.15, -0.1) is 5.10 Å². The Bertz CT molecular complexity index is 816. The number of nitrogens with zero attached hydrogens (tertiary/aromatic N) is 4. The largest absolute Gasteiger partial charge is 0.497 e. The molecule has 0 unspecified atom stereocenters. The highest BCUT2D eigenvalue weighted by molar-refractivity contribution is 7.99. The number of rotatable bonds is 8. The first kappa shape index (κ1) is 18.3. The first-order chi connectivity index (χ1) is 12.7. The monoisotopic (exact) mass is 370 g/mol. The van der Waals surface area contributed by atoms with E-state index >= 15 is 0 Å². The summed E-state index contributed by atoms with van der Waals surface area (Å²) in [6.45, 7) is 4.92. The molecular weight excluding hydrogens is 348 g/mol. The van der Waals surface area contributed by atoms with E-state index in [1.54, 1.807) is 23.6 Å². The molecule has 0 radical (unpaired) electrons. The third-order valence-corrected chi connectivity index (χ3v) is 4.77. The van der Waals surface area contributed by atoms with Crippen LogP contribution in [0.3, 0.4) is 0 Å². The fourth-order valence-corrected chi connectivity index (χ4v) is 3.10. The minimum absolute atomic E-state index is 0.502. The van der Waals surface area contributed by atoms with Gasteiger partial charge in [0.25, 0.3) is 0 Å². The second-order valence-corrected chi connectivity index (χ2v) is 7.05. The maximum atomic E-state index is 5.74. The van der Waals surface area contributed by atoms with Crippen LogP contribution in [-0.2, 0) is 0 Å². The van der Waals surface area contributed by atoms with E-state index in [0.717, 1.165) is 28.1 Å². The van der Waals surface area contributed by atoms with E-state index in [1.165, 1.54) is 5.56 Å². The fraction of sp³-hybridized carbons (Fsp3) is 0.316. The van der Waals surface area contributed by atoms with E-state index in [9.17, 15) is 0 Å². The number of hydrogen-bond acceptors (Lipinski definition) is 6. The molecular formula is C19H22N4O2S. The highest BCUT2D eigenvalue weighted by Gasteiger charge is 2.09. The van der Waals surface area contributed by atoms with Crippen LogP contribution in [0.25, 0.3) is 5.69 Å². The molecule has 7 heteroatoms. The SMILES string of the molecule is COc1ccc(OCCSc2nnnn2-c2ccc(C(C)C)cc2)cc1. The smallest absolute Gasteiger partial charge is 0.214 e. The molecule has 3 rings (SSSR count). The van der Waals surface area contributed by atoms with E-state index < -0.39 is 0 Å². The van der Waals surface area contributed by atoms with Crippen molar-refractivity contribution >= 4 is 11.8 Å². The first-order valence-electron chi connectivity index (χ1n) is 8.45. The molecule has 0 bridgehead atoms. The molecule has 2 aromatic carbocycles. The first-order valence-corrected chi connectivity index (χ1v) is 9.44. The molecule has 0 atom stereocenters.